The average molecular weight is 417 g/mol. The van der Waals surface area contributed by atoms with Crippen molar-refractivity contribution in [2.75, 3.05) is 41.8 Å². The molecule has 1 aliphatic carbocycles. The van der Waals surface area contributed by atoms with Crippen molar-refractivity contribution < 1.29 is 4.74 Å². The minimum Gasteiger partial charge on any atom is -0.378 e. The standard InChI is InChI=1S/C24H28N6O/c1-2-4-19(3-1)27-24-28-22(18-9-11-25-12-10-18)17-23(29-24)26-20-5-7-21(8-6-20)30-13-15-31-16-14-30/h5-12,17,19H,1-4,13-16H2,(H2,26,27,28,29). The Hall–Kier alpha value is -3.19. The van der Waals surface area contributed by atoms with Crippen LogP contribution in [-0.2, 0) is 4.74 Å². The van der Waals surface area contributed by atoms with Crippen LogP contribution in [0.5, 0.6) is 0 Å². The summed E-state index contributed by atoms with van der Waals surface area (Å²) in [6, 6.07) is 14.9. The molecule has 0 unspecified atom stereocenters. The molecule has 0 amide bonds. The Balaban J connectivity index is 1.38. The first kappa shape index (κ1) is 19.8. The van der Waals surface area contributed by atoms with Gasteiger partial charge in [-0.15, -0.1) is 0 Å². The average Bonchev–Trinajstić information content (AvgIpc) is 3.34. The fourth-order valence-electron chi connectivity index (χ4n) is 4.22. The second-order valence-corrected chi connectivity index (χ2v) is 8.09. The highest BCUT2D eigenvalue weighted by Gasteiger charge is 2.17. The highest BCUT2D eigenvalue weighted by molar-refractivity contribution is 5.68. The third kappa shape index (κ3) is 4.94. The van der Waals surface area contributed by atoms with Crippen molar-refractivity contribution in [3.05, 3.63) is 54.9 Å². The van der Waals surface area contributed by atoms with Crippen LogP contribution in [0, 0.1) is 0 Å². The first-order chi connectivity index (χ1) is 15.3. The van der Waals surface area contributed by atoms with Gasteiger partial charge in [0.2, 0.25) is 5.95 Å². The summed E-state index contributed by atoms with van der Waals surface area (Å²) < 4.78 is 5.45. The van der Waals surface area contributed by atoms with Crippen molar-refractivity contribution in [2.45, 2.75) is 31.7 Å². The number of hydrogen-bond acceptors (Lipinski definition) is 7. The number of hydrogen-bond donors (Lipinski definition) is 2. The summed E-state index contributed by atoms with van der Waals surface area (Å²) in [5.74, 6) is 1.45. The predicted octanol–water partition coefficient (Wildman–Crippen LogP) is 4.47. The molecule has 7 nitrogen and oxygen atoms in total. The maximum absolute atomic E-state index is 5.45. The van der Waals surface area contributed by atoms with E-state index in [4.69, 9.17) is 14.7 Å². The molecular formula is C24H28N6O. The van der Waals surface area contributed by atoms with Gasteiger partial charge in [0.15, 0.2) is 0 Å². The maximum Gasteiger partial charge on any atom is 0.225 e. The summed E-state index contributed by atoms with van der Waals surface area (Å²) in [7, 11) is 0. The zero-order chi connectivity index (χ0) is 20.9. The van der Waals surface area contributed by atoms with E-state index in [9.17, 15) is 0 Å². The molecule has 1 aromatic carbocycles. The quantitative estimate of drug-likeness (QED) is 0.614. The Morgan fingerprint density at radius 2 is 1.65 bits per heavy atom. The van der Waals surface area contributed by atoms with Crippen molar-refractivity contribution >= 4 is 23.1 Å². The summed E-state index contributed by atoms with van der Waals surface area (Å²) in [5.41, 5.74) is 4.13. The van der Waals surface area contributed by atoms with Gasteiger partial charge in [-0.3, -0.25) is 4.98 Å². The number of ether oxygens (including phenoxy) is 1. The molecule has 0 spiro atoms. The van der Waals surface area contributed by atoms with E-state index in [2.05, 4.69) is 44.8 Å². The Bertz CT molecular complexity index is 983. The third-order valence-corrected chi connectivity index (χ3v) is 5.91. The monoisotopic (exact) mass is 416 g/mol. The second-order valence-electron chi connectivity index (χ2n) is 8.09. The number of pyridine rings is 1. The lowest BCUT2D eigenvalue weighted by Gasteiger charge is -2.28. The fraction of sp³-hybridized carbons (Fsp3) is 0.375. The molecular weight excluding hydrogens is 388 g/mol. The SMILES string of the molecule is c1cc(-c2cc(Nc3ccc(N4CCOCC4)cc3)nc(NC3CCCC3)n2)ccn1. The summed E-state index contributed by atoms with van der Waals surface area (Å²) >= 11 is 0. The third-order valence-electron chi connectivity index (χ3n) is 5.91. The van der Waals surface area contributed by atoms with E-state index in [1.165, 1.54) is 31.4 Å². The van der Waals surface area contributed by atoms with Crippen LogP contribution in [0.4, 0.5) is 23.1 Å². The molecule has 3 aromatic rings. The number of nitrogens with one attached hydrogen (secondary N) is 2. The van der Waals surface area contributed by atoms with Gasteiger partial charge in [-0.2, -0.15) is 4.98 Å². The normalized spacial score (nSPS) is 17.0. The molecule has 31 heavy (non-hydrogen) atoms. The first-order valence-electron chi connectivity index (χ1n) is 11.1. The van der Waals surface area contributed by atoms with Crippen molar-refractivity contribution in [3.8, 4) is 11.3 Å². The molecule has 1 saturated heterocycles. The van der Waals surface area contributed by atoms with Crippen LogP contribution in [0.15, 0.2) is 54.9 Å². The molecule has 2 fully saturated rings. The first-order valence-corrected chi connectivity index (χ1v) is 11.1. The topological polar surface area (TPSA) is 75.2 Å². The largest absolute Gasteiger partial charge is 0.378 e. The minimum absolute atomic E-state index is 0.452. The number of aromatic nitrogens is 3. The minimum atomic E-state index is 0.452. The molecule has 2 aromatic heterocycles. The molecule has 160 valence electrons. The van der Waals surface area contributed by atoms with Crippen LogP contribution < -0.4 is 15.5 Å². The summed E-state index contributed by atoms with van der Waals surface area (Å²) in [5, 5.41) is 6.99. The number of nitrogens with zero attached hydrogens (tertiary/aromatic N) is 4. The molecule has 1 saturated carbocycles. The Labute approximate surface area is 182 Å². The molecule has 2 aliphatic rings. The molecule has 5 rings (SSSR count). The van der Waals surface area contributed by atoms with Gasteiger partial charge in [-0.25, -0.2) is 4.98 Å². The van der Waals surface area contributed by atoms with Gasteiger partial charge in [0.25, 0.3) is 0 Å². The van der Waals surface area contributed by atoms with Gasteiger partial charge in [-0.05, 0) is 49.2 Å². The van der Waals surface area contributed by atoms with E-state index >= 15 is 0 Å². The second kappa shape index (κ2) is 9.31. The van der Waals surface area contributed by atoms with Gasteiger partial charge in [-0.1, -0.05) is 12.8 Å². The van der Waals surface area contributed by atoms with E-state index in [1.807, 2.05) is 18.2 Å². The van der Waals surface area contributed by atoms with Crippen molar-refractivity contribution in [2.24, 2.45) is 0 Å². The smallest absolute Gasteiger partial charge is 0.225 e. The van der Waals surface area contributed by atoms with Crippen LogP contribution in [0.2, 0.25) is 0 Å². The molecule has 3 heterocycles. The highest BCUT2D eigenvalue weighted by Crippen LogP contribution is 2.27. The Kier molecular flexibility index (Phi) is 5.93. The summed E-state index contributed by atoms with van der Waals surface area (Å²) in [6.45, 7) is 3.44. The van der Waals surface area contributed by atoms with E-state index in [0.717, 1.165) is 49.1 Å². The maximum atomic E-state index is 5.45. The van der Waals surface area contributed by atoms with Crippen LogP contribution in [-0.4, -0.2) is 47.3 Å². The number of rotatable bonds is 6. The van der Waals surface area contributed by atoms with Gasteiger partial charge in [0.1, 0.15) is 5.82 Å². The van der Waals surface area contributed by atoms with Crippen LogP contribution in [0.25, 0.3) is 11.3 Å². The molecule has 1 aliphatic heterocycles. The molecule has 0 atom stereocenters. The Morgan fingerprint density at radius 3 is 2.39 bits per heavy atom. The van der Waals surface area contributed by atoms with Crippen LogP contribution in [0.3, 0.4) is 0 Å². The Morgan fingerprint density at radius 1 is 0.903 bits per heavy atom. The number of benzene rings is 1. The molecule has 7 heteroatoms. The lowest BCUT2D eigenvalue weighted by atomic mass is 10.2. The molecule has 0 bridgehead atoms. The van der Waals surface area contributed by atoms with E-state index < -0.39 is 0 Å². The van der Waals surface area contributed by atoms with Gasteiger partial charge >= 0.3 is 0 Å². The molecule has 2 N–H and O–H groups in total. The van der Waals surface area contributed by atoms with E-state index in [-0.39, 0.29) is 0 Å². The molecule has 0 radical (unpaired) electrons. The van der Waals surface area contributed by atoms with E-state index in [0.29, 0.717) is 12.0 Å². The summed E-state index contributed by atoms with van der Waals surface area (Å²) in [6.07, 6.45) is 8.46. The highest BCUT2D eigenvalue weighted by atomic mass is 16.5. The fourth-order valence-corrected chi connectivity index (χ4v) is 4.22. The lowest BCUT2D eigenvalue weighted by molar-refractivity contribution is 0.122. The zero-order valence-electron chi connectivity index (χ0n) is 17.6. The number of anilines is 4. The van der Waals surface area contributed by atoms with Crippen LogP contribution in [0.1, 0.15) is 25.7 Å². The van der Waals surface area contributed by atoms with Gasteiger partial charge < -0.3 is 20.3 Å². The van der Waals surface area contributed by atoms with E-state index in [1.54, 1.807) is 12.4 Å². The van der Waals surface area contributed by atoms with Crippen LogP contribution >= 0.6 is 0 Å². The van der Waals surface area contributed by atoms with Crippen molar-refractivity contribution in [1.29, 1.82) is 0 Å². The lowest BCUT2D eigenvalue weighted by Crippen LogP contribution is -2.36. The summed E-state index contributed by atoms with van der Waals surface area (Å²) in [4.78, 5) is 16.0. The van der Waals surface area contributed by atoms with Gasteiger partial charge in [0.05, 0.1) is 18.9 Å². The number of morpholine rings is 1. The van der Waals surface area contributed by atoms with Gasteiger partial charge in [0, 0.05) is 54.5 Å². The van der Waals surface area contributed by atoms with Crippen molar-refractivity contribution in [1.82, 2.24) is 15.0 Å². The zero-order valence-corrected chi connectivity index (χ0v) is 17.6. The van der Waals surface area contributed by atoms with Crippen molar-refractivity contribution in [3.63, 3.8) is 0 Å². The predicted molar refractivity (Wildman–Crippen MR) is 124 cm³/mol.